The van der Waals surface area contributed by atoms with Gasteiger partial charge >= 0.3 is 12.3 Å². The fourth-order valence-corrected chi connectivity index (χ4v) is 3.44. The molecule has 3 rings (SSSR count). The van der Waals surface area contributed by atoms with Crippen molar-refractivity contribution in [3.8, 4) is 0 Å². The number of benzene rings is 2. The molecule has 2 aromatic carbocycles. The molecule has 9 heteroatoms. The number of halogens is 4. The number of nitrogens with zero attached hydrogens (tertiary/aromatic N) is 2. The van der Waals surface area contributed by atoms with E-state index in [1.807, 2.05) is 0 Å². The molecule has 34 heavy (non-hydrogen) atoms. The standard InChI is InChI=1S/C25H22F4N2O3/c1-16-13-20(21(26)12-9-17-7-10-19(11-8-17)24(33)34)14-22(30-16)23(32)31(25(27,28)29)15-18-5-3-2-4-6-18/h2-8,10-11,13-14,21H,9,12,15H2,1H3,(H,33,34). The first kappa shape index (κ1) is 24.9. The summed E-state index contributed by atoms with van der Waals surface area (Å²) in [7, 11) is 0. The smallest absolute Gasteiger partial charge is 0.478 e. The first-order chi connectivity index (χ1) is 16.0. The average Bonchev–Trinajstić information content (AvgIpc) is 2.80. The second-order valence-corrected chi connectivity index (χ2v) is 7.78. The molecule has 1 aromatic heterocycles. The van der Waals surface area contributed by atoms with Gasteiger partial charge in [-0.15, -0.1) is 13.2 Å². The third-order valence-electron chi connectivity index (χ3n) is 5.18. The molecule has 0 saturated heterocycles. The Bertz CT molecular complexity index is 1150. The quantitative estimate of drug-likeness (QED) is 0.326. The molecule has 1 N–H and O–H groups in total. The van der Waals surface area contributed by atoms with Crippen LogP contribution in [0.3, 0.4) is 0 Å². The van der Waals surface area contributed by atoms with E-state index in [0.717, 1.165) is 6.07 Å². The highest BCUT2D eigenvalue weighted by molar-refractivity contribution is 5.92. The summed E-state index contributed by atoms with van der Waals surface area (Å²) in [5.74, 6) is -2.43. The molecule has 0 aliphatic heterocycles. The van der Waals surface area contributed by atoms with E-state index in [-0.39, 0.29) is 34.6 Å². The summed E-state index contributed by atoms with van der Waals surface area (Å²) in [6.45, 7) is 0.784. The van der Waals surface area contributed by atoms with E-state index in [2.05, 4.69) is 4.98 Å². The van der Waals surface area contributed by atoms with E-state index in [1.54, 1.807) is 30.3 Å². The molecular weight excluding hydrogens is 452 g/mol. The lowest BCUT2D eigenvalue weighted by Gasteiger charge is -2.25. The Labute approximate surface area is 193 Å². The van der Waals surface area contributed by atoms with E-state index in [9.17, 15) is 27.2 Å². The van der Waals surface area contributed by atoms with Crippen molar-refractivity contribution in [2.45, 2.75) is 38.8 Å². The second kappa shape index (κ2) is 10.5. The second-order valence-electron chi connectivity index (χ2n) is 7.78. The predicted octanol–water partition coefficient (Wildman–Crippen LogP) is 5.89. The van der Waals surface area contributed by atoms with Crippen LogP contribution in [0.4, 0.5) is 17.6 Å². The van der Waals surface area contributed by atoms with Gasteiger partial charge in [0.1, 0.15) is 11.9 Å². The minimum Gasteiger partial charge on any atom is -0.478 e. The number of carbonyl (C=O) groups is 2. The molecule has 1 atom stereocenters. The Morgan fingerprint density at radius 2 is 1.65 bits per heavy atom. The third-order valence-corrected chi connectivity index (χ3v) is 5.18. The summed E-state index contributed by atoms with van der Waals surface area (Å²) in [6.07, 6.45) is -6.23. The molecule has 5 nitrogen and oxygen atoms in total. The first-order valence-corrected chi connectivity index (χ1v) is 10.4. The lowest BCUT2D eigenvalue weighted by Crippen LogP contribution is -2.42. The van der Waals surface area contributed by atoms with Crippen molar-refractivity contribution in [3.05, 3.63) is 100 Å². The van der Waals surface area contributed by atoms with Crippen molar-refractivity contribution in [2.75, 3.05) is 0 Å². The number of pyridine rings is 1. The lowest BCUT2D eigenvalue weighted by molar-refractivity contribution is -0.228. The Morgan fingerprint density at radius 1 is 1.00 bits per heavy atom. The molecule has 0 saturated carbocycles. The molecule has 0 fully saturated rings. The van der Waals surface area contributed by atoms with Gasteiger partial charge in [0.25, 0.3) is 5.91 Å². The van der Waals surface area contributed by atoms with E-state index < -0.39 is 36.6 Å². The molecule has 0 spiro atoms. The molecule has 3 aromatic rings. The van der Waals surface area contributed by atoms with Gasteiger partial charge in [0.2, 0.25) is 0 Å². The third kappa shape index (κ3) is 6.40. The van der Waals surface area contributed by atoms with Crippen molar-refractivity contribution >= 4 is 11.9 Å². The van der Waals surface area contributed by atoms with Crippen LogP contribution in [0.25, 0.3) is 0 Å². The maximum Gasteiger partial charge on any atom is 0.487 e. The number of carbonyl (C=O) groups excluding carboxylic acids is 1. The van der Waals surface area contributed by atoms with Gasteiger partial charge in [-0.1, -0.05) is 42.5 Å². The van der Waals surface area contributed by atoms with Crippen LogP contribution in [0.5, 0.6) is 0 Å². The van der Waals surface area contributed by atoms with Crippen LogP contribution in [0, 0.1) is 6.92 Å². The summed E-state index contributed by atoms with van der Waals surface area (Å²) in [5.41, 5.74) is 0.894. The molecule has 1 amide bonds. The normalized spacial score (nSPS) is 12.3. The number of aryl methyl sites for hydroxylation is 2. The number of carboxylic acid groups (broad SMARTS) is 1. The zero-order chi connectivity index (χ0) is 24.9. The van der Waals surface area contributed by atoms with Crippen LogP contribution in [0.2, 0.25) is 0 Å². The molecule has 0 radical (unpaired) electrons. The van der Waals surface area contributed by atoms with Crippen LogP contribution in [0.1, 0.15) is 55.8 Å². The van der Waals surface area contributed by atoms with Gasteiger partial charge in [0.15, 0.2) is 0 Å². The summed E-state index contributed by atoms with van der Waals surface area (Å²) < 4.78 is 55.9. The van der Waals surface area contributed by atoms with Crippen molar-refractivity contribution in [3.63, 3.8) is 0 Å². The lowest BCUT2D eigenvalue weighted by atomic mass is 10.0. The van der Waals surface area contributed by atoms with Crippen molar-refractivity contribution in [2.24, 2.45) is 0 Å². The molecule has 1 unspecified atom stereocenters. The minimum atomic E-state index is -4.95. The molecule has 178 valence electrons. The molecule has 0 bridgehead atoms. The number of rotatable bonds is 8. The molecular formula is C25H22F4N2O3. The molecule has 0 aliphatic rings. The Balaban J connectivity index is 1.78. The van der Waals surface area contributed by atoms with E-state index in [0.29, 0.717) is 11.1 Å². The van der Waals surface area contributed by atoms with Crippen LogP contribution in [0.15, 0.2) is 66.7 Å². The number of hydrogen-bond acceptors (Lipinski definition) is 3. The number of amides is 1. The van der Waals surface area contributed by atoms with Gasteiger partial charge in [-0.05, 0) is 60.7 Å². The van der Waals surface area contributed by atoms with Gasteiger partial charge in [-0.3, -0.25) is 4.79 Å². The Morgan fingerprint density at radius 3 is 2.24 bits per heavy atom. The number of aromatic carboxylic acids is 1. The van der Waals surface area contributed by atoms with Crippen molar-refractivity contribution in [1.82, 2.24) is 9.88 Å². The van der Waals surface area contributed by atoms with Crippen LogP contribution >= 0.6 is 0 Å². The van der Waals surface area contributed by atoms with Gasteiger partial charge in [-0.25, -0.2) is 19.1 Å². The fraction of sp³-hybridized carbons (Fsp3) is 0.240. The van der Waals surface area contributed by atoms with Crippen molar-refractivity contribution < 1.29 is 32.3 Å². The van der Waals surface area contributed by atoms with Crippen molar-refractivity contribution in [1.29, 1.82) is 0 Å². The average molecular weight is 474 g/mol. The summed E-state index contributed by atoms with van der Waals surface area (Å²) in [4.78, 5) is 27.4. The maximum atomic E-state index is 15.0. The number of aromatic nitrogens is 1. The largest absolute Gasteiger partial charge is 0.487 e. The zero-order valence-corrected chi connectivity index (χ0v) is 18.2. The summed E-state index contributed by atoms with van der Waals surface area (Å²) >= 11 is 0. The monoisotopic (exact) mass is 474 g/mol. The van der Waals surface area contributed by atoms with E-state index in [1.165, 1.54) is 37.3 Å². The Hall–Kier alpha value is -3.75. The maximum absolute atomic E-state index is 15.0. The van der Waals surface area contributed by atoms with Crippen LogP contribution in [-0.4, -0.2) is 33.2 Å². The fourth-order valence-electron chi connectivity index (χ4n) is 3.44. The van der Waals surface area contributed by atoms with Gasteiger partial charge in [0.05, 0.1) is 12.1 Å². The molecule has 0 aliphatic carbocycles. The topological polar surface area (TPSA) is 70.5 Å². The highest BCUT2D eigenvalue weighted by atomic mass is 19.4. The highest BCUT2D eigenvalue weighted by Gasteiger charge is 2.42. The van der Waals surface area contributed by atoms with E-state index in [4.69, 9.17) is 5.11 Å². The van der Waals surface area contributed by atoms with Crippen LogP contribution < -0.4 is 0 Å². The van der Waals surface area contributed by atoms with Gasteiger partial charge < -0.3 is 5.11 Å². The SMILES string of the molecule is Cc1cc(C(F)CCc2ccc(C(=O)O)cc2)cc(C(=O)N(Cc2ccccc2)C(F)(F)F)n1. The summed E-state index contributed by atoms with van der Waals surface area (Å²) in [5, 5.41) is 8.94. The number of carboxylic acids is 1. The zero-order valence-electron chi connectivity index (χ0n) is 18.2. The highest BCUT2D eigenvalue weighted by Crippen LogP contribution is 2.28. The minimum absolute atomic E-state index is 0.00347. The van der Waals surface area contributed by atoms with Gasteiger partial charge in [0, 0.05) is 5.69 Å². The summed E-state index contributed by atoms with van der Waals surface area (Å²) in [6, 6.07) is 16.2. The van der Waals surface area contributed by atoms with Gasteiger partial charge in [-0.2, -0.15) is 0 Å². The Kier molecular flexibility index (Phi) is 7.65. The van der Waals surface area contributed by atoms with Crippen LogP contribution in [-0.2, 0) is 13.0 Å². The number of hydrogen-bond donors (Lipinski definition) is 1. The van der Waals surface area contributed by atoms with E-state index >= 15 is 0 Å². The first-order valence-electron chi connectivity index (χ1n) is 10.4. The number of alkyl halides is 4. The molecule has 1 heterocycles. The predicted molar refractivity (Wildman–Crippen MR) is 117 cm³/mol.